The summed E-state index contributed by atoms with van der Waals surface area (Å²) in [5.41, 5.74) is 1.68. The number of hydrogen-bond donors (Lipinski definition) is 2. The number of hydrogen-bond acceptors (Lipinski definition) is 6. The van der Waals surface area contributed by atoms with Crippen LogP contribution in [0.3, 0.4) is 0 Å². The van der Waals surface area contributed by atoms with E-state index in [2.05, 4.69) is 14.6 Å². The van der Waals surface area contributed by atoms with Crippen molar-refractivity contribution in [3.63, 3.8) is 0 Å². The van der Waals surface area contributed by atoms with Gasteiger partial charge in [-0.1, -0.05) is 30.3 Å². The number of aliphatic hydroxyl groups is 1. The molecule has 0 spiro atoms. The third-order valence-corrected chi connectivity index (χ3v) is 7.20. The summed E-state index contributed by atoms with van der Waals surface area (Å²) in [7, 11) is -3.64. The van der Waals surface area contributed by atoms with Crippen LogP contribution in [0.1, 0.15) is 18.4 Å². The van der Waals surface area contributed by atoms with Gasteiger partial charge in [-0.2, -0.15) is 0 Å². The van der Waals surface area contributed by atoms with Crippen molar-refractivity contribution in [3.8, 4) is 5.75 Å². The Balaban J connectivity index is 1.35. The Morgan fingerprint density at radius 3 is 2.75 bits per heavy atom. The molecule has 3 aromatic rings. The van der Waals surface area contributed by atoms with E-state index >= 15 is 0 Å². The summed E-state index contributed by atoms with van der Waals surface area (Å²) >= 11 is 0. The summed E-state index contributed by atoms with van der Waals surface area (Å²) < 4.78 is 34.2. The molecule has 2 N–H and O–H groups in total. The van der Waals surface area contributed by atoms with Gasteiger partial charge in [-0.3, -0.25) is 9.88 Å². The van der Waals surface area contributed by atoms with Crippen LogP contribution in [0.15, 0.2) is 65.7 Å². The molecule has 2 heterocycles. The van der Waals surface area contributed by atoms with Crippen LogP contribution in [0.2, 0.25) is 0 Å². The van der Waals surface area contributed by atoms with Crippen molar-refractivity contribution >= 4 is 20.9 Å². The predicted molar refractivity (Wildman–Crippen MR) is 124 cm³/mol. The van der Waals surface area contributed by atoms with Crippen LogP contribution in [-0.4, -0.2) is 56.3 Å². The highest BCUT2D eigenvalue weighted by Gasteiger charge is 2.24. The SMILES string of the molecule is O=S(=O)(NC[C@@H]1CCCN(Cc2ccc(OCCO)cc2)C1)c1cccc2cccnc12. The molecule has 1 saturated heterocycles. The maximum Gasteiger partial charge on any atom is 0.242 e. The van der Waals surface area contributed by atoms with Gasteiger partial charge in [-0.25, -0.2) is 13.1 Å². The number of sulfonamides is 1. The second-order valence-electron chi connectivity index (χ2n) is 8.14. The molecule has 1 aliphatic rings. The average molecular weight is 456 g/mol. The topological polar surface area (TPSA) is 91.8 Å². The van der Waals surface area contributed by atoms with Gasteiger partial charge in [0.2, 0.25) is 10.0 Å². The molecule has 1 fully saturated rings. The Labute approximate surface area is 189 Å². The second kappa shape index (κ2) is 10.4. The molecule has 2 aromatic carbocycles. The van der Waals surface area contributed by atoms with E-state index in [1.807, 2.05) is 36.4 Å². The minimum atomic E-state index is -3.64. The van der Waals surface area contributed by atoms with Crippen LogP contribution in [0.4, 0.5) is 0 Å². The lowest BCUT2D eigenvalue weighted by atomic mass is 9.98. The average Bonchev–Trinajstić information content (AvgIpc) is 2.82. The van der Waals surface area contributed by atoms with Gasteiger partial charge in [-0.15, -0.1) is 0 Å². The smallest absolute Gasteiger partial charge is 0.242 e. The van der Waals surface area contributed by atoms with Crippen LogP contribution in [0.5, 0.6) is 5.75 Å². The molecule has 0 amide bonds. The highest BCUT2D eigenvalue weighted by atomic mass is 32.2. The number of fused-ring (bicyclic) bond motifs is 1. The van der Waals surface area contributed by atoms with Gasteiger partial charge in [0.05, 0.1) is 12.1 Å². The van der Waals surface area contributed by atoms with Crippen LogP contribution >= 0.6 is 0 Å². The fraction of sp³-hybridized carbons (Fsp3) is 0.375. The number of piperidine rings is 1. The van der Waals surface area contributed by atoms with E-state index < -0.39 is 10.0 Å². The molecule has 1 atom stereocenters. The van der Waals surface area contributed by atoms with Crippen LogP contribution in [0, 0.1) is 5.92 Å². The first-order valence-electron chi connectivity index (χ1n) is 10.9. The molecule has 0 saturated carbocycles. The third kappa shape index (κ3) is 5.63. The van der Waals surface area contributed by atoms with E-state index in [0.29, 0.717) is 12.1 Å². The van der Waals surface area contributed by atoms with Gasteiger partial charge in [0.1, 0.15) is 17.3 Å². The summed E-state index contributed by atoms with van der Waals surface area (Å²) in [5, 5.41) is 9.66. The third-order valence-electron chi connectivity index (χ3n) is 5.74. The molecule has 1 aliphatic heterocycles. The van der Waals surface area contributed by atoms with Crippen LogP contribution in [-0.2, 0) is 16.6 Å². The Hall–Kier alpha value is -2.52. The molecule has 170 valence electrons. The predicted octanol–water partition coefficient (Wildman–Crippen LogP) is 2.80. The number of aromatic nitrogens is 1. The fourth-order valence-corrected chi connectivity index (χ4v) is 5.47. The van der Waals surface area contributed by atoms with Crippen molar-refractivity contribution in [2.45, 2.75) is 24.3 Å². The number of likely N-dealkylation sites (tertiary alicyclic amines) is 1. The molecule has 7 nitrogen and oxygen atoms in total. The molecule has 1 aromatic heterocycles. The molecule has 0 bridgehead atoms. The van der Waals surface area contributed by atoms with Crippen molar-refractivity contribution in [1.29, 1.82) is 0 Å². The number of ether oxygens (including phenoxy) is 1. The van der Waals surface area contributed by atoms with Gasteiger partial charge in [-0.05, 0) is 55.1 Å². The lowest BCUT2D eigenvalue weighted by Crippen LogP contribution is -2.40. The first-order chi connectivity index (χ1) is 15.5. The number of aliphatic hydroxyl groups excluding tert-OH is 1. The first kappa shape index (κ1) is 22.7. The van der Waals surface area contributed by atoms with E-state index in [-0.39, 0.29) is 24.0 Å². The highest BCUT2D eigenvalue weighted by Crippen LogP contribution is 2.23. The summed E-state index contributed by atoms with van der Waals surface area (Å²) in [6.45, 7) is 3.36. The van der Waals surface area contributed by atoms with Crippen molar-refractivity contribution in [2.24, 2.45) is 5.92 Å². The summed E-state index contributed by atoms with van der Waals surface area (Å²) in [4.78, 5) is 6.87. The normalized spacial score (nSPS) is 17.5. The summed E-state index contributed by atoms with van der Waals surface area (Å²) in [6.07, 6.45) is 3.66. The molecule has 0 aliphatic carbocycles. The zero-order valence-electron chi connectivity index (χ0n) is 18.0. The van der Waals surface area contributed by atoms with Gasteiger partial charge in [0, 0.05) is 31.2 Å². The van der Waals surface area contributed by atoms with E-state index in [9.17, 15) is 8.42 Å². The number of pyridine rings is 1. The number of nitrogens with one attached hydrogen (secondary N) is 1. The minimum Gasteiger partial charge on any atom is -0.491 e. The molecule has 0 radical (unpaired) electrons. The Morgan fingerprint density at radius 2 is 1.94 bits per heavy atom. The van der Waals surface area contributed by atoms with Crippen LogP contribution in [0.25, 0.3) is 10.9 Å². The zero-order chi connectivity index (χ0) is 22.4. The van der Waals surface area contributed by atoms with Crippen molar-refractivity contribution in [1.82, 2.24) is 14.6 Å². The number of para-hydroxylation sites is 1. The standard InChI is InChI=1S/C24H29N3O4S/c28-14-15-31-22-10-8-19(9-11-22)17-27-13-3-4-20(18-27)16-26-32(29,30)23-7-1-5-21-6-2-12-25-24(21)23/h1-2,5-12,20,26,28H,3-4,13-18H2/t20-/m0/s1. The molecule has 32 heavy (non-hydrogen) atoms. The Bertz CT molecular complexity index is 1130. The van der Waals surface area contributed by atoms with Crippen molar-refractivity contribution in [2.75, 3.05) is 32.8 Å². The number of benzene rings is 2. The highest BCUT2D eigenvalue weighted by molar-refractivity contribution is 7.89. The van der Waals surface area contributed by atoms with E-state index in [1.165, 1.54) is 5.56 Å². The molecular formula is C24H29N3O4S. The summed E-state index contributed by atoms with van der Waals surface area (Å²) in [5.74, 6) is 1.00. The Kier molecular flexibility index (Phi) is 7.36. The first-order valence-corrected chi connectivity index (χ1v) is 12.4. The van der Waals surface area contributed by atoms with Crippen molar-refractivity contribution < 1.29 is 18.3 Å². The lowest BCUT2D eigenvalue weighted by Gasteiger charge is -2.32. The number of nitrogens with zero attached hydrogens (tertiary/aromatic N) is 2. The van der Waals surface area contributed by atoms with E-state index in [1.54, 1.807) is 24.4 Å². The lowest BCUT2D eigenvalue weighted by molar-refractivity contribution is 0.168. The number of rotatable bonds is 9. The van der Waals surface area contributed by atoms with Crippen LogP contribution < -0.4 is 9.46 Å². The van der Waals surface area contributed by atoms with Gasteiger partial charge in [0.15, 0.2) is 0 Å². The van der Waals surface area contributed by atoms with E-state index in [0.717, 1.165) is 43.6 Å². The second-order valence-corrected chi connectivity index (χ2v) is 9.88. The maximum atomic E-state index is 13.0. The quantitative estimate of drug-likeness (QED) is 0.516. The largest absolute Gasteiger partial charge is 0.491 e. The van der Waals surface area contributed by atoms with Gasteiger partial charge < -0.3 is 9.84 Å². The van der Waals surface area contributed by atoms with Crippen molar-refractivity contribution in [3.05, 3.63) is 66.4 Å². The monoisotopic (exact) mass is 455 g/mol. The fourth-order valence-electron chi connectivity index (χ4n) is 4.17. The molecule has 0 unspecified atom stereocenters. The molecule has 8 heteroatoms. The molecular weight excluding hydrogens is 426 g/mol. The van der Waals surface area contributed by atoms with E-state index in [4.69, 9.17) is 9.84 Å². The zero-order valence-corrected chi connectivity index (χ0v) is 18.8. The van der Waals surface area contributed by atoms with Gasteiger partial charge >= 0.3 is 0 Å². The Morgan fingerprint density at radius 1 is 1.12 bits per heavy atom. The molecule has 4 rings (SSSR count). The minimum absolute atomic E-state index is 0.00230. The van der Waals surface area contributed by atoms with Gasteiger partial charge in [0.25, 0.3) is 0 Å². The maximum absolute atomic E-state index is 13.0. The summed E-state index contributed by atoms with van der Waals surface area (Å²) in [6, 6.07) is 16.8.